The van der Waals surface area contributed by atoms with E-state index in [1.54, 1.807) is 0 Å². The Balaban J connectivity index is 2.25. The van der Waals surface area contributed by atoms with Crippen LogP contribution in [0.15, 0.2) is 34.9 Å². The summed E-state index contributed by atoms with van der Waals surface area (Å²) in [5.41, 5.74) is 2.23. The Labute approximate surface area is 113 Å². The largest absolute Gasteiger partial charge is 0.355 e. The number of benzene rings is 1. The van der Waals surface area contributed by atoms with Crippen LogP contribution < -0.4 is 0 Å². The summed E-state index contributed by atoms with van der Waals surface area (Å²) >= 11 is 0. The Morgan fingerprint density at radius 1 is 1.21 bits per heavy atom. The summed E-state index contributed by atoms with van der Waals surface area (Å²) in [5, 5.41) is 3.95. The monoisotopic (exact) mass is 257 g/mol. The van der Waals surface area contributed by atoms with Crippen LogP contribution >= 0.6 is 0 Å². The van der Waals surface area contributed by atoms with Crippen molar-refractivity contribution in [1.82, 2.24) is 5.16 Å². The van der Waals surface area contributed by atoms with Gasteiger partial charge in [-0.3, -0.25) is 4.79 Å². The second kappa shape index (κ2) is 6.32. The van der Waals surface area contributed by atoms with Gasteiger partial charge in [-0.05, 0) is 13.3 Å². The molecule has 0 saturated carbocycles. The van der Waals surface area contributed by atoms with Gasteiger partial charge in [0.05, 0.1) is 11.3 Å². The van der Waals surface area contributed by atoms with E-state index in [1.165, 1.54) is 0 Å². The first-order chi connectivity index (χ1) is 9.24. The predicted molar refractivity (Wildman–Crippen MR) is 75.1 cm³/mol. The third kappa shape index (κ3) is 3.11. The Bertz CT molecular complexity index is 543. The van der Waals surface area contributed by atoms with Gasteiger partial charge in [-0.1, -0.05) is 55.3 Å². The summed E-state index contributed by atoms with van der Waals surface area (Å²) in [6.07, 6.45) is 3.68. The molecule has 0 aliphatic heterocycles. The smallest absolute Gasteiger partial charge is 0.177 e. The topological polar surface area (TPSA) is 43.1 Å². The second-order valence-corrected chi connectivity index (χ2v) is 4.72. The molecule has 0 N–H and O–H groups in total. The van der Waals surface area contributed by atoms with Gasteiger partial charge in [0.2, 0.25) is 0 Å². The molecule has 1 aromatic heterocycles. The normalized spacial score (nSPS) is 10.6. The summed E-state index contributed by atoms with van der Waals surface area (Å²) in [6.45, 7) is 3.95. The maximum absolute atomic E-state index is 12.3. The lowest BCUT2D eigenvalue weighted by Crippen LogP contribution is -2.01. The summed E-state index contributed by atoms with van der Waals surface area (Å²) < 4.78 is 5.34. The number of aromatic nitrogens is 1. The van der Waals surface area contributed by atoms with Crippen LogP contribution in [0.3, 0.4) is 0 Å². The fourth-order valence-electron chi connectivity index (χ4n) is 2.15. The molecule has 0 fully saturated rings. The van der Waals surface area contributed by atoms with E-state index >= 15 is 0 Å². The van der Waals surface area contributed by atoms with Crippen LogP contribution in [0, 0.1) is 6.92 Å². The minimum atomic E-state index is 0.131. The maximum Gasteiger partial charge on any atom is 0.177 e. The zero-order chi connectivity index (χ0) is 13.7. The molecular formula is C16H19NO2. The number of hydrogen-bond acceptors (Lipinski definition) is 3. The van der Waals surface area contributed by atoms with E-state index in [0.29, 0.717) is 23.4 Å². The predicted octanol–water partition coefficient (Wildman–Crippen LogP) is 4.41. The first-order valence-electron chi connectivity index (χ1n) is 6.79. The van der Waals surface area contributed by atoms with E-state index in [1.807, 2.05) is 37.3 Å². The molecule has 3 nitrogen and oxygen atoms in total. The number of ketones is 1. The lowest BCUT2D eigenvalue weighted by atomic mass is 10.00. The molecule has 0 aliphatic rings. The minimum absolute atomic E-state index is 0.131. The molecule has 0 spiro atoms. The quantitative estimate of drug-likeness (QED) is 0.568. The average Bonchev–Trinajstić information content (AvgIpc) is 2.82. The summed E-state index contributed by atoms with van der Waals surface area (Å²) in [4.78, 5) is 12.3. The van der Waals surface area contributed by atoms with Gasteiger partial charge in [-0.15, -0.1) is 0 Å². The maximum atomic E-state index is 12.3. The highest BCUT2D eigenvalue weighted by atomic mass is 16.5. The zero-order valence-corrected chi connectivity index (χ0v) is 11.5. The van der Waals surface area contributed by atoms with Crippen molar-refractivity contribution in [1.29, 1.82) is 0 Å². The van der Waals surface area contributed by atoms with Crippen molar-refractivity contribution >= 4 is 5.78 Å². The molecule has 100 valence electrons. The van der Waals surface area contributed by atoms with Crippen molar-refractivity contribution in [3.05, 3.63) is 41.6 Å². The van der Waals surface area contributed by atoms with E-state index < -0.39 is 0 Å². The molecular weight excluding hydrogens is 238 g/mol. The number of carbonyl (C=O) groups excluding carboxylic acids is 1. The van der Waals surface area contributed by atoms with Crippen LogP contribution in [0.25, 0.3) is 11.3 Å². The summed E-state index contributed by atoms with van der Waals surface area (Å²) in [6, 6.07) is 9.66. The van der Waals surface area contributed by atoms with Crippen LogP contribution in [-0.4, -0.2) is 10.9 Å². The SMILES string of the molecule is CCCCCC(=O)c1c(C)noc1-c1ccccc1. The van der Waals surface area contributed by atoms with Crippen LogP contribution in [0.2, 0.25) is 0 Å². The minimum Gasteiger partial charge on any atom is -0.355 e. The van der Waals surface area contributed by atoms with Gasteiger partial charge in [0.25, 0.3) is 0 Å². The second-order valence-electron chi connectivity index (χ2n) is 4.72. The molecule has 0 radical (unpaired) electrons. The fourth-order valence-corrected chi connectivity index (χ4v) is 2.15. The third-order valence-corrected chi connectivity index (χ3v) is 3.18. The van der Waals surface area contributed by atoms with E-state index in [2.05, 4.69) is 12.1 Å². The molecule has 1 aromatic carbocycles. The number of unbranched alkanes of at least 4 members (excludes halogenated alkanes) is 2. The van der Waals surface area contributed by atoms with Gasteiger partial charge in [0.1, 0.15) is 0 Å². The molecule has 2 rings (SSSR count). The number of carbonyl (C=O) groups is 1. The molecule has 19 heavy (non-hydrogen) atoms. The zero-order valence-electron chi connectivity index (χ0n) is 11.5. The van der Waals surface area contributed by atoms with Gasteiger partial charge < -0.3 is 4.52 Å². The highest BCUT2D eigenvalue weighted by molar-refractivity contribution is 6.02. The molecule has 0 bridgehead atoms. The van der Waals surface area contributed by atoms with Crippen molar-refractivity contribution < 1.29 is 9.32 Å². The molecule has 0 unspecified atom stereocenters. The first kappa shape index (κ1) is 13.5. The lowest BCUT2D eigenvalue weighted by Gasteiger charge is -2.02. The number of rotatable bonds is 6. The Hall–Kier alpha value is -1.90. The number of aryl methyl sites for hydroxylation is 1. The van der Waals surface area contributed by atoms with Crippen LogP contribution in [0.4, 0.5) is 0 Å². The van der Waals surface area contributed by atoms with Gasteiger partial charge in [-0.25, -0.2) is 0 Å². The van der Waals surface area contributed by atoms with Crippen molar-refractivity contribution in [2.24, 2.45) is 0 Å². The lowest BCUT2D eigenvalue weighted by molar-refractivity contribution is 0.0979. The Morgan fingerprint density at radius 2 is 1.95 bits per heavy atom. The Kier molecular flexibility index (Phi) is 4.50. The standard InChI is InChI=1S/C16H19NO2/c1-3-4-6-11-14(18)15-12(2)17-19-16(15)13-9-7-5-8-10-13/h5,7-10H,3-4,6,11H2,1-2H3. The van der Waals surface area contributed by atoms with Gasteiger partial charge in [0.15, 0.2) is 11.5 Å². The van der Waals surface area contributed by atoms with Crippen LogP contribution in [0.5, 0.6) is 0 Å². The molecule has 0 atom stereocenters. The van der Waals surface area contributed by atoms with Crippen molar-refractivity contribution in [2.75, 3.05) is 0 Å². The van der Waals surface area contributed by atoms with Crippen molar-refractivity contribution in [3.8, 4) is 11.3 Å². The molecule has 3 heteroatoms. The van der Waals surface area contributed by atoms with Gasteiger partial charge in [0, 0.05) is 12.0 Å². The number of nitrogens with zero attached hydrogens (tertiary/aromatic N) is 1. The van der Waals surface area contributed by atoms with Crippen LogP contribution in [-0.2, 0) is 0 Å². The summed E-state index contributed by atoms with van der Waals surface area (Å²) in [7, 11) is 0. The Morgan fingerprint density at radius 3 is 2.63 bits per heavy atom. The molecule has 0 saturated heterocycles. The third-order valence-electron chi connectivity index (χ3n) is 3.18. The van der Waals surface area contributed by atoms with E-state index in [9.17, 15) is 4.79 Å². The number of Topliss-reactive ketones (excluding diaryl/α,β-unsaturated/α-hetero) is 1. The van der Waals surface area contributed by atoms with E-state index in [-0.39, 0.29) is 5.78 Å². The van der Waals surface area contributed by atoms with Crippen LogP contribution in [0.1, 0.15) is 48.7 Å². The van der Waals surface area contributed by atoms with Crippen molar-refractivity contribution in [2.45, 2.75) is 39.5 Å². The summed E-state index contributed by atoms with van der Waals surface area (Å²) in [5.74, 6) is 0.727. The molecule has 0 amide bonds. The first-order valence-corrected chi connectivity index (χ1v) is 6.79. The molecule has 0 aliphatic carbocycles. The van der Waals surface area contributed by atoms with E-state index in [4.69, 9.17) is 4.52 Å². The highest BCUT2D eigenvalue weighted by Gasteiger charge is 2.20. The molecule has 2 aromatic rings. The average molecular weight is 257 g/mol. The van der Waals surface area contributed by atoms with Gasteiger partial charge >= 0.3 is 0 Å². The van der Waals surface area contributed by atoms with Gasteiger partial charge in [-0.2, -0.15) is 0 Å². The number of hydrogen-bond donors (Lipinski definition) is 0. The fraction of sp³-hybridized carbons (Fsp3) is 0.375. The highest BCUT2D eigenvalue weighted by Crippen LogP contribution is 2.27. The van der Waals surface area contributed by atoms with E-state index in [0.717, 1.165) is 24.8 Å². The van der Waals surface area contributed by atoms with Crippen molar-refractivity contribution in [3.63, 3.8) is 0 Å². The molecule has 1 heterocycles.